The lowest BCUT2D eigenvalue weighted by atomic mass is 10.1. The van der Waals surface area contributed by atoms with E-state index in [2.05, 4.69) is 15.4 Å². The molecule has 0 unspecified atom stereocenters. The highest BCUT2D eigenvalue weighted by Crippen LogP contribution is 2.21. The number of carboxylic acids is 1. The Bertz CT molecular complexity index is 649. The Morgan fingerprint density at radius 2 is 2.14 bits per heavy atom. The van der Waals surface area contributed by atoms with Gasteiger partial charge in [0.25, 0.3) is 0 Å². The van der Waals surface area contributed by atoms with E-state index in [9.17, 15) is 9.90 Å². The van der Waals surface area contributed by atoms with Crippen molar-refractivity contribution in [3.05, 3.63) is 35.3 Å². The second-order valence-corrected chi connectivity index (χ2v) is 4.93. The molecule has 2 N–H and O–H groups in total. The topological polar surface area (TPSA) is 80.0 Å². The van der Waals surface area contributed by atoms with Crippen LogP contribution in [0, 0.1) is 0 Å². The fourth-order valence-corrected chi connectivity index (χ4v) is 2.20. The molecule has 0 fully saturated rings. The van der Waals surface area contributed by atoms with Gasteiger partial charge in [-0.05, 0) is 25.0 Å². The average molecular weight is 288 g/mol. The van der Waals surface area contributed by atoms with E-state index in [-0.39, 0.29) is 5.56 Å². The molecule has 0 spiro atoms. The van der Waals surface area contributed by atoms with Gasteiger partial charge in [0.15, 0.2) is 0 Å². The first-order valence-corrected chi connectivity index (χ1v) is 7.07. The number of hydrogen-bond donors (Lipinski definition) is 2. The van der Waals surface area contributed by atoms with Gasteiger partial charge < -0.3 is 10.4 Å². The van der Waals surface area contributed by atoms with Crippen molar-refractivity contribution in [1.82, 2.24) is 14.8 Å². The summed E-state index contributed by atoms with van der Waals surface area (Å²) in [5, 5.41) is 16.7. The Hall–Kier alpha value is -2.37. The molecule has 0 aromatic carbocycles. The van der Waals surface area contributed by atoms with Gasteiger partial charge in [-0.15, -0.1) is 0 Å². The summed E-state index contributed by atoms with van der Waals surface area (Å²) < 4.78 is 1.73. The second kappa shape index (κ2) is 6.39. The molecule has 112 valence electrons. The Morgan fingerprint density at radius 1 is 1.38 bits per heavy atom. The van der Waals surface area contributed by atoms with Crippen LogP contribution in [0.3, 0.4) is 0 Å². The molecular formula is C15H20N4O2. The molecule has 0 aliphatic carbocycles. The Morgan fingerprint density at radius 3 is 2.76 bits per heavy atom. The van der Waals surface area contributed by atoms with Gasteiger partial charge in [0.1, 0.15) is 5.82 Å². The predicted molar refractivity (Wildman–Crippen MR) is 81.1 cm³/mol. The molecular weight excluding hydrogens is 268 g/mol. The molecule has 0 saturated carbocycles. The van der Waals surface area contributed by atoms with Crippen molar-refractivity contribution >= 4 is 17.5 Å². The van der Waals surface area contributed by atoms with Gasteiger partial charge >= 0.3 is 5.97 Å². The van der Waals surface area contributed by atoms with Crippen LogP contribution in [0.4, 0.5) is 11.5 Å². The summed E-state index contributed by atoms with van der Waals surface area (Å²) in [6, 6.07) is 3.18. The van der Waals surface area contributed by atoms with Crippen molar-refractivity contribution in [3.8, 4) is 0 Å². The van der Waals surface area contributed by atoms with Crippen LogP contribution in [0.1, 0.15) is 42.0 Å². The number of aromatic carboxylic acids is 1. The van der Waals surface area contributed by atoms with Gasteiger partial charge in [0.05, 0.1) is 16.9 Å². The third-order valence-electron chi connectivity index (χ3n) is 3.13. The second-order valence-electron chi connectivity index (χ2n) is 4.93. The molecule has 2 rings (SSSR count). The van der Waals surface area contributed by atoms with Gasteiger partial charge in [-0.25, -0.2) is 9.78 Å². The summed E-state index contributed by atoms with van der Waals surface area (Å²) in [4.78, 5) is 15.7. The molecule has 2 aromatic heterocycles. The number of hydrogen-bond acceptors (Lipinski definition) is 4. The molecule has 0 aliphatic heterocycles. The lowest BCUT2D eigenvalue weighted by Gasteiger charge is -2.08. The fourth-order valence-electron chi connectivity index (χ4n) is 2.20. The number of anilines is 2. The smallest absolute Gasteiger partial charge is 0.335 e. The van der Waals surface area contributed by atoms with Crippen LogP contribution < -0.4 is 5.32 Å². The third kappa shape index (κ3) is 3.59. The lowest BCUT2D eigenvalue weighted by molar-refractivity contribution is 0.0696. The Kier molecular flexibility index (Phi) is 4.57. The number of aryl methyl sites for hydroxylation is 3. The molecule has 2 heterocycles. The molecule has 0 saturated heterocycles. The van der Waals surface area contributed by atoms with Gasteiger partial charge in [0, 0.05) is 18.9 Å². The van der Waals surface area contributed by atoms with Crippen molar-refractivity contribution in [1.29, 1.82) is 0 Å². The summed E-state index contributed by atoms with van der Waals surface area (Å²) in [6.07, 6.45) is 4.34. The molecule has 0 amide bonds. The van der Waals surface area contributed by atoms with Crippen LogP contribution in [0.25, 0.3) is 0 Å². The van der Waals surface area contributed by atoms with Crippen molar-refractivity contribution < 1.29 is 9.90 Å². The van der Waals surface area contributed by atoms with Crippen LogP contribution in [-0.2, 0) is 19.9 Å². The number of rotatable bonds is 6. The number of pyridine rings is 1. The highest BCUT2D eigenvalue weighted by atomic mass is 16.4. The first-order chi connectivity index (χ1) is 10.0. The van der Waals surface area contributed by atoms with E-state index < -0.39 is 5.97 Å². The molecule has 2 aromatic rings. The summed E-state index contributed by atoms with van der Waals surface area (Å²) in [7, 11) is 1.86. The van der Waals surface area contributed by atoms with Crippen LogP contribution in [0.5, 0.6) is 0 Å². The maximum atomic E-state index is 11.2. The zero-order chi connectivity index (χ0) is 15.4. The number of carboxylic acid groups (broad SMARTS) is 1. The molecule has 6 nitrogen and oxygen atoms in total. The quantitative estimate of drug-likeness (QED) is 0.854. The third-order valence-corrected chi connectivity index (χ3v) is 3.13. The summed E-state index contributed by atoms with van der Waals surface area (Å²) in [6.45, 7) is 4.07. The van der Waals surface area contributed by atoms with Gasteiger partial charge in [-0.1, -0.05) is 20.3 Å². The van der Waals surface area contributed by atoms with Gasteiger partial charge in [-0.3, -0.25) is 4.68 Å². The number of nitrogens with one attached hydrogen (secondary N) is 1. The van der Waals surface area contributed by atoms with E-state index in [0.29, 0.717) is 5.82 Å². The van der Waals surface area contributed by atoms with Crippen LogP contribution in [0.15, 0.2) is 18.3 Å². The van der Waals surface area contributed by atoms with Crippen molar-refractivity contribution in [2.24, 2.45) is 7.05 Å². The minimum Gasteiger partial charge on any atom is -0.478 e. The number of carbonyl (C=O) groups is 1. The van der Waals surface area contributed by atoms with E-state index in [0.717, 1.165) is 36.3 Å². The minimum absolute atomic E-state index is 0.248. The molecule has 0 radical (unpaired) electrons. The Labute approximate surface area is 123 Å². The van der Waals surface area contributed by atoms with Crippen molar-refractivity contribution in [2.75, 3.05) is 5.32 Å². The van der Waals surface area contributed by atoms with Gasteiger partial charge in [0.2, 0.25) is 0 Å². The average Bonchev–Trinajstić information content (AvgIpc) is 2.78. The van der Waals surface area contributed by atoms with E-state index in [4.69, 9.17) is 0 Å². The van der Waals surface area contributed by atoms with E-state index in [1.165, 1.54) is 0 Å². The van der Waals surface area contributed by atoms with Gasteiger partial charge in [-0.2, -0.15) is 5.10 Å². The first kappa shape index (κ1) is 15.0. The first-order valence-electron chi connectivity index (χ1n) is 7.07. The summed E-state index contributed by atoms with van der Waals surface area (Å²) >= 11 is 0. The van der Waals surface area contributed by atoms with E-state index >= 15 is 0 Å². The number of aromatic nitrogens is 3. The minimum atomic E-state index is -0.945. The lowest BCUT2D eigenvalue weighted by Crippen LogP contribution is -2.04. The summed E-state index contributed by atoms with van der Waals surface area (Å²) in [5.41, 5.74) is 2.81. The predicted octanol–water partition coefficient (Wildman–Crippen LogP) is 2.77. The Balaban J connectivity index is 2.35. The standard InChI is InChI=1S/C15H20N4O2/c1-4-6-11-7-10(15(20)21)8-14(16-11)17-13-9-19(3)18-12(13)5-2/h7-9H,4-6H2,1-3H3,(H,16,17)(H,20,21). The maximum Gasteiger partial charge on any atom is 0.335 e. The fraction of sp³-hybridized carbons (Fsp3) is 0.400. The highest BCUT2D eigenvalue weighted by molar-refractivity contribution is 5.88. The van der Waals surface area contributed by atoms with Crippen molar-refractivity contribution in [2.45, 2.75) is 33.1 Å². The molecule has 0 atom stereocenters. The zero-order valence-electron chi connectivity index (χ0n) is 12.6. The molecule has 0 aliphatic rings. The molecule has 0 bridgehead atoms. The number of nitrogens with zero attached hydrogens (tertiary/aromatic N) is 3. The SMILES string of the molecule is CCCc1cc(C(=O)O)cc(Nc2cn(C)nc2CC)n1. The van der Waals surface area contributed by atoms with Crippen molar-refractivity contribution in [3.63, 3.8) is 0 Å². The molecule has 21 heavy (non-hydrogen) atoms. The van der Waals surface area contributed by atoms with Crippen LogP contribution in [-0.4, -0.2) is 25.8 Å². The largest absolute Gasteiger partial charge is 0.478 e. The van der Waals surface area contributed by atoms with E-state index in [1.807, 2.05) is 27.1 Å². The maximum absolute atomic E-state index is 11.2. The highest BCUT2D eigenvalue weighted by Gasteiger charge is 2.11. The monoisotopic (exact) mass is 288 g/mol. The normalized spacial score (nSPS) is 10.6. The zero-order valence-corrected chi connectivity index (χ0v) is 12.6. The molecule has 6 heteroatoms. The van der Waals surface area contributed by atoms with E-state index in [1.54, 1.807) is 16.8 Å². The summed E-state index contributed by atoms with van der Waals surface area (Å²) in [5.74, 6) is -0.402. The van der Waals surface area contributed by atoms with Crippen LogP contribution >= 0.6 is 0 Å². The van der Waals surface area contributed by atoms with Crippen LogP contribution in [0.2, 0.25) is 0 Å².